The molecule has 1 saturated carbocycles. The van der Waals surface area contributed by atoms with Gasteiger partial charge < -0.3 is 10.1 Å². The standard InChI is InChI=1S/C19H23F3N2O4S/c1-2-9-28-12-13-10-14(11-15(13)18(25)24-8-7-23)29(26,27)17-6-4-3-5-16(17)19(20,21)22/h3-6,13-15H,2,8-12H2,1H3,(H,24,25)/t13-,14-,15+/m0/s1. The van der Waals surface area contributed by atoms with Crippen molar-refractivity contribution in [2.75, 3.05) is 19.8 Å². The number of hydrogen-bond donors (Lipinski definition) is 1. The fourth-order valence-corrected chi connectivity index (χ4v) is 5.68. The van der Waals surface area contributed by atoms with Crippen LogP contribution >= 0.6 is 0 Å². The SMILES string of the molecule is CCCOC[C@@H]1C[C@H](S(=O)(=O)c2ccccc2C(F)(F)F)C[C@H]1C(=O)NCC#N. The van der Waals surface area contributed by atoms with Crippen LogP contribution in [-0.4, -0.2) is 39.3 Å². The molecule has 0 aliphatic heterocycles. The maximum Gasteiger partial charge on any atom is 0.417 e. The number of ether oxygens (including phenoxy) is 1. The van der Waals surface area contributed by atoms with Gasteiger partial charge in [-0.25, -0.2) is 8.42 Å². The fraction of sp³-hybridized carbons (Fsp3) is 0.579. The first-order valence-corrected chi connectivity index (χ1v) is 10.8. The van der Waals surface area contributed by atoms with Crippen molar-refractivity contribution in [3.8, 4) is 6.07 Å². The van der Waals surface area contributed by atoms with E-state index in [0.717, 1.165) is 24.6 Å². The third-order valence-electron chi connectivity index (χ3n) is 4.95. The molecular formula is C19H23F3N2O4S. The minimum Gasteiger partial charge on any atom is -0.381 e. The smallest absolute Gasteiger partial charge is 0.381 e. The van der Waals surface area contributed by atoms with E-state index in [4.69, 9.17) is 10.00 Å². The second kappa shape index (κ2) is 9.59. The molecule has 0 spiro atoms. The molecule has 1 N–H and O–H groups in total. The molecule has 0 unspecified atom stereocenters. The molecule has 160 valence electrons. The Morgan fingerprint density at radius 1 is 1.31 bits per heavy atom. The summed E-state index contributed by atoms with van der Waals surface area (Å²) in [5.41, 5.74) is -1.21. The maximum absolute atomic E-state index is 13.3. The molecule has 3 atom stereocenters. The van der Waals surface area contributed by atoms with Crippen LogP contribution in [0.15, 0.2) is 29.2 Å². The Labute approximate surface area is 168 Å². The number of hydrogen-bond acceptors (Lipinski definition) is 5. The Kier molecular flexibility index (Phi) is 7.66. The first-order valence-electron chi connectivity index (χ1n) is 9.25. The van der Waals surface area contributed by atoms with Crippen LogP contribution in [0.5, 0.6) is 0 Å². The summed E-state index contributed by atoms with van der Waals surface area (Å²) in [5, 5.41) is 9.91. The van der Waals surface area contributed by atoms with Gasteiger partial charge in [0.15, 0.2) is 9.84 Å². The molecule has 6 nitrogen and oxygen atoms in total. The number of carbonyl (C=O) groups is 1. The largest absolute Gasteiger partial charge is 0.417 e. The third-order valence-corrected chi connectivity index (χ3v) is 7.18. The number of carbonyl (C=O) groups excluding carboxylic acids is 1. The maximum atomic E-state index is 13.3. The van der Waals surface area contributed by atoms with Crippen LogP contribution in [0.2, 0.25) is 0 Å². The zero-order valence-corrected chi connectivity index (χ0v) is 16.7. The molecule has 1 aromatic rings. The van der Waals surface area contributed by atoms with E-state index < -0.39 is 49.5 Å². The lowest BCUT2D eigenvalue weighted by molar-refractivity contribution is -0.139. The Bertz CT molecular complexity index is 865. The molecule has 1 aromatic carbocycles. The summed E-state index contributed by atoms with van der Waals surface area (Å²) in [5.74, 6) is -1.70. The van der Waals surface area contributed by atoms with E-state index in [9.17, 15) is 26.4 Å². The summed E-state index contributed by atoms with van der Waals surface area (Å²) >= 11 is 0. The van der Waals surface area contributed by atoms with Crippen molar-refractivity contribution in [1.82, 2.24) is 5.32 Å². The summed E-state index contributed by atoms with van der Waals surface area (Å²) in [6.07, 6.45) is -4.18. The van der Waals surface area contributed by atoms with Crippen molar-refractivity contribution >= 4 is 15.7 Å². The fourth-order valence-electron chi connectivity index (χ4n) is 3.60. The van der Waals surface area contributed by atoms with Gasteiger partial charge in [-0.2, -0.15) is 18.4 Å². The van der Waals surface area contributed by atoms with Crippen molar-refractivity contribution in [3.63, 3.8) is 0 Å². The van der Waals surface area contributed by atoms with Gasteiger partial charge in [0, 0.05) is 12.5 Å². The molecule has 1 amide bonds. The van der Waals surface area contributed by atoms with E-state index in [1.165, 1.54) is 6.07 Å². The van der Waals surface area contributed by atoms with Crippen molar-refractivity contribution in [2.24, 2.45) is 11.8 Å². The van der Waals surface area contributed by atoms with Gasteiger partial charge >= 0.3 is 6.18 Å². The number of sulfone groups is 1. The Morgan fingerprint density at radius 3 is 2.62 bits per heavy atom. The number of amides is 1. The molecule has 0 bridgehead atoms. The summed E-state index contributed by atoms with van der Waals surface area (Å²) in [7, 11) is -4.32. The Balaban J connectivity index is 2.32. The average molecular weight is 432 g/mol. The summed E-state index contributed by atoms with van der Waals surface area (Å²) in [6, 6.07) is 5.84. The van der Waals surface area contributed by atoms with Crippen molar-refractivity contribution in [2.45, 2.75) is 42.5 Å². The highest BCUT2D eigenvalue weighted by Crippen LogP contribution is 2.42. The van der Waals surface area contributed by atoms with Gasteiger partial charge in [0.1, 0.15) is 6.54 Å². The molecule has 0 saturated heterocycles. The zero-order valence-electron chi connectivity index (χ0n) is 15.9. The van der Waals surface area contributed by atoms with E-state index in [0.29, 0.717) is 6.61 Å². The molecule has 0 aromatic heterocycles. The molecular weight excluding hydrogens is 409 g/mol. The second-order valence-electron chi connectivity index (χ2n) is 6.95. The predicted molar refractivity (Wildman–Crippen MR) is 98.4 cm³/mol. The van der Waals surface area contributed by atoms with Gasteiger partial charge in [0.25, 0.3) is 0 Å². The highest BCUT2D eigenvalue weighted by Gasteiger charge is 2.47. The monoisotopic (exact) mass is 432 g/mol. The van der Waals surface area contributed by atoms with Gasteiger partial charge in [-0.15, -0.1) is 0 Å². The average Bonchev–Trinajstić information content (AvgIpc) is 3.11. The molecule has 1 fully saturated rings. The third kappa shape index (κ3) is 5.48. The lowest BCUT2D eigenvalue weighted by Crippen LogP contribution is -2.34. The van der Waals surface area contributed by atoms with Gasteiger partial charge in [0.2, 0.25) is 5.91 Å². The van der Waals surface area contributed by atoms with E-state index in [1.54, 1.807) is 6.07 Å². The number of nitriles is 1. The van der Waals surface area contributed by atoms with Crippen molar-refractivity contribution in [1.29, 1.82) is 5.26 Å². The number of benzene rings is 1. The van der Waals surface area contributed by atoms with E-state index >= 15 is 0 Å². The summed E-state index contributed by atoms with van der Waals surface area (Å²) in [6.45, 7) is 2.22. The minimum absolute atomic E-state index is 0.0167. The quantitative estimate of drug-likeness (QED) is 0.503. The zero-order chi connectivity index (χ0) is 21.7. The molecule has 1 aliphatic rings. The highest BCUT2D eigenvalue weighted by atomic mass is 32.2. The molecule has 1 aliphatic carbocycles. The van der Waals surface area contributed by atoms with Gasteiger partial charge in [0.05, 0.1) is 28.4 Å². The first kappa shape index (κ1) is 23.2. The molecule has 0 heterocycles. The summed E-state index contributed by atoms with van der Waals surface area (Å²) < 4.78 is 71.5. The number of alkyl halides is 3. The van der Waals surface area contributed by atoms with Gasteiger partial charge in [-0.05, 0) is 37.3 Å². The highest BCUT2D eigenvalue weighted by molar-refractivity contribution is 7.92. The number of halogens is 3. The van der Waals surface area contributed by atoms with Gasteiger partial charge in [-0.1, -0.05) is 19.1 Å². The van der Waals surface area contributed by atoms with Crippen molar-refractivity contribution < 1.29 is 31.1 Å². The van der Waals surface area contributed by atoms with Gasteiger partial charge in [-0.3, -0.25) is 4.79 Å². The van der Waals surface area contributed by atoms with Crippen LogP contribution < -0.4 is 5.32 Å². The van der Waals surface area contributed by atoms with E-state index in [2.05, 4.69) is 5.32 Å². The molecule has 2 rings (SSSR count). The van der Waals surface area contributed by atoms with Crippen LogP contribution in [0.4, 0.5) is 13.2 Å². The normalized spacial score (nSPS) is 22.2. The molecule has 0 radical (unpaired) electrons. The topological polar surface area (TPSA) is 96.3 Å². The van der Waals surface area contributed by atoms with E-state index in [-0.39, 0.29) is 26.0 Å². The van der Waals surface area contributed by atoms with Crippen LogP contribution in [0.25, 0.3) is 0 Å². The Hall–Kier alpha value is -2.12. The number of rotatable bonds is 8. The Morgan fingerprint density at radius 2 is 2.00 bits per heavy atom. The lowest BCUT2D eigenvalue weighted by Gasteiger charge is -2.18. The second-order valence-corrected chi connectivity index (χ2v) is 9.15. The van der Waals surface area contributed by atoms with E-state index in [1.807, 2.05) is 6.92 Å². The van der Waals surface area contributed by atoms with Crippen LogP contribution in [0, 0.1) is 23.2 Å². The van der Waals surface area contributed by atoms with Crippen LogP contribution in [0.3, 0.4) is 0 Å². The summed E-state index contributed by atoms with van der Waals surface area (Å²) in [4.78, 5) is 11.6. The van der Waals surface area contributed by atoms with Crippen LogP contribution in [0.1, 0.15) is 31.7 Å². The van der Waals surface area contributed by atoms with Crippen LogP contribution in [-0.2, 0) is 25.5 Å². The number of nitrogens with one attached hydrogen (secondary N) is 1. The predicted octanol–water partition coefficient (Wildman–Crippen LogP) is 2.94. The molecule has 10 heteroatoms. The number of nitrogens with zero attached hydrogens (tertiary/aromatic N) is 1. The lowest BCUT2D eigenvalue weighted by atomic mass is 9.96. The molecule has 29 heavy (non-hydrogen) atoms. The first-order chi connectivity index (χ1) is 13.6. The van der Waals surface area contributed by atoms with Crippen molar-refractivity contribution in [3.05, 3.63) is 29.8 Å². The minimum atomic E-state index is -4.81.